The number of nitriles is 1. The van der Waals surface area contributed by atoms with Gasteiger partial charge >= 0.3 is 0 Å². The van der Waals surface area contributed by atoms with Crippen molar-refractivity contribution in [2.75, 3.05) is 11.1 Å². The number of hydrogen-bond acceptors (Lipinski definition) is 5. The van der Waals surface area contributed by atoms with Crippen LogP contribution in [0.25, 0.3) is 0 Å². The summed E-state index contributed by atoms with van der Waals surface area (Å²) in [5.41, 5.74) is 1.20. The molecule has 0 aliphatic carbocycles. The molecule has 0 unspecified atom stereocenters. The van der Waals surface area contributed by atoms with Crippen LogP contribution in [-0.4, -0.2) is 16.6 Å². The van der Waals surface area contributed by atoms with Gasteiger partial charge < -0.3 is 5.32 Å². The lowest BCUT2D eigenvalue weighted by Gasteiger charge is -2.02. The molecule has 1 aromatic carbocycles. The van der Waals surface area contributed by atoms with Crippen LogP contribution >= 0.6 is 23.1 Å². The van der Waals surface area contributed by atoms with Crippen LogP contribution in [0.15, 0.2) is 36.5 Å². The van der Waals surface area contributed by atoms with Gasteiger partial charge in [-0.3, -0.25) is 4.79 Å². The molecule has 1 heterocycles. The van der Waals surface area contributed by atoms with Crippen molar-refractivity contribution in [1.29, 1.82) is 5.26 Å². The van der Waals surface area contributed by atoms with Crippen LogP contribution in [0, 0.1) is 11.3 Å². The number of hydrogen-bond donors (Lipinski definition) is 1. The van der Waals surface area contributed by atoms with Gasteiger partial charge in [0.1, 0.15) is 10.9 Å². The lowest BCUT2D eigenvalue weighted by atomic mass is 10.2. The van der Waals surface area contributed by atoms with Gasteiger partial charge in [0.05, 0.1) is 11.9 Å². The predicted molar refractivity (Wildman–Crippen MR) is 78.1 cm³/mol. The third kappa shape index (κ3) is 4.39. The van der Waals surface area contributed by atoms with E-state index in [1.165, 1.54) is 23.1 Å². The zero-order valence-electron chi connectivity index (χ0n) is 10.00. The normalized spacial score (nSPS) is 9.84. The maximum atomic E-state index is 11.7. The van der Waals surface area contributed by atoms with Gasteiger partial charge in [-0.25, -0.2) is 4.98 Å². The molecular formula is C13H11N3OS2. The lowest BCUT2D eigenvalue weighted by molar-refractivity contribution is -0.113. The van der Waals surface area contributed by atoms with Gasteiger partial charge in [0, 0.05) is 5.75 Å². The summed E-state index contributed by atoms with van der Waals surface area (Å²) in [4.78, 5) is 16.1. The molecule has 0 aliphatic heterocycles. The first-order valence-electron chi connectivity index (χ1n) is 5.55. The average molecular weight is 289 g/mol. The fraction of sp³-hybridized carbons (Fsp3) is 0.154. The molecule has 1 N–H and O–H groups in total. The monoisotopic (exact) mass is 289 g/mol. The molecule has 0 bridgehead atoms. The molecule has 6 heteroatoms. The molecule has 96 valence electrons. The van der Waals surface area contributed by atoms with E-state index in [2.05, 4.69) is 10.3 Å². The van der Waals surface area contributed by atoms with Crippen LogP contribution in [0.5, 0.6) is 0 Å². The van der Waals surface area contributed by atoms with Gasteiger partial charge in [-0.2, -0.15) is 5.26 Å². The van der Waals surface area contributed by atoms with E-state index in [0.29, 0.717) is 15.8 Å². The summed E-state index contributed by atoms with van der Waals surface area (Å²) in [6.07, 6.45) is 1.46. The first kappa shape index (κ1) is 13.6. The number of anilines is 1. The van der Waals surface area contributed by atoms with Crippen LogP contribution in [0.2, 0.25) is 0 Å². The van der Waals surface area contributed by atoms with E-state index in [0.717, 1.165) is 5.75 Å². The fourth-order valence-electron chi connectivity index (χ4n) is 1.37. The highest BCUT2D eigenvalue weighted by atomic mass is 32.2. The highest BCUT2D eigenvalue weighted by Crippen LogP contribution is 2.17. The number of carbonyl (C=O) groups excluding carboxylic acids is 1. The fourth-order valence-corrected chi connectivity index (χ4v) is 2.79. The molecule has 0 aliphatic rings. The maximum absolute atomic E-state index is 11.7. The summed E-state index contributed by atoms with van der Waals surface area (Å²) < 4.78 is 0. The van der Waals surface area contributed by atoms with E-state index in [1.807, 2.05) is 36.4 Å². The Labute approximate surface area is 119 Å². The number of thioether (sulfide) groups is 1. The summed E-state index contributed by atoms with van der Waals surface area (Å²) in [5, 5.41) is 11.8. The van der Waals surface area contributed by atoms with E-state index in [1.54, 1.807) is 11.8 Å². The van der Waals surface area contributed by atoms with Crippen LogP contribution in [-0.2, 0) is 10.5 Å². The second kappa shape index (κ2) is 6.92. The number of thiazole rings is 1. The van der Waals surface area contributed by atoms with Crippen LogP contribution in [0.4, 0.5) is 5.13 Å². The zero-order chi connectivity index (χ0) is 13.5. The number of nitrogens with one attached hydrogen (secondary N) is 1. The standard InChI is InChI=1S/C13H11N3OS2/c14-6-11-7-15-13(19-11)16-12(17)9-18-8-10-4-2-1-3-5-10/h1-5,7H,8-9H2,(H,15,16,17). The van der Waals surface area contributed by atoms with Crippen molar-refractivity contribution < 1.29 is 4.79 Å². The Bertz CT molecular complexity index is 589. The second-order valence-corrected chi connectivity index (χ2v) is 5.68. The summed E-state index contributed by atoms with van der Waals surface area (Å²) in [7, 11) is 0. The highest BCUT2D eigenvalue weighted by molar-refractivity contribution is 7.99. The molecule has 4 nitrogen and oxygen atoms in total. The largest absolute Gasteiger partial charge is 0.301 e. The number of carbonyl (C=O) groups is 1. The van der Waals surface area contributed by atoms with Crippen molar-refractivity contribution in [1.82, 2.24) is 4.98 Å². The Hall–Kier alpha value is -1.84. The van der Waals surface area contributed by atoms with Crippen molar-refractivity contribution >= 4 is 34.1 Å². The van der Waals surface area contributed by atoms with Crippen molar-refractivity contribution in [2.24, 2.45) is 0 Å². The van der Waals surface area contributed by atoms with Gasteiger partial charge in [0.2, 0.25) is 5.91 Å². The summed E-state index contributed by atoms with van der Waals surface area (Å²) in [6, 6.07) is 12.0. The Kier molecular flexibility index (Phi) is 4.95. The number of amides is 1. The first-order chi connectivity index (χ1) is 9.28. The van der Waals surface area contributed by atoms with Crippen molar-refractivity contribution in [3.8, 4) is 6.07 Å². The summed E-state index contributed by atoms with van der Waals surface area (Å²) in [6.45, 7) is 0. The molecule has 1 aromatic heterocycles. The second-order valence-electron chi connectivity index (χ2n) is 3.67. The van der Waals surface area contributed by atoms with Gasteiger partial charge in [-0.15, -0.1) is 11.8 Å². The minimum atomic E-state index is -0.0974. The van der Waals surface area contributed by atoms with Crippen molar-refractivity contribution in [2.45, 2.75) is 5.75 Å². The van der Waals surface area contributed by atoms with E-state index >= 15 is 0 Å². The van der Waals surface area contributed by atoms with E-state index in [9.17, 15) is 4.79 Å². The SMILES string of the molecule is N#Cc1cnc(NC(=O)CSCc2ccccc2)s1. The molecule has 0 saturated carbocycles. The third-order valence-electron chi connectivity index (χ3n) is 2.21. The highest BCUT2D eigenvalue weighted by Gasteiger charge is 2.06. The summed E-state index contributed by atoms with van der Waals surface area (Å²) in [5.74, 6) is 1.08. The smallest absolute Gasteiger partial charge is 0.236 e. The topological polar surface area (TPSA) is 65.8 Å². The molecule has 0 radical (unpaired) electrons. The van der Waals surface area contributed by atoms with Crippen molar-refractivity contribution in [3.63, 3.8) is 0 Å². The van der Waals surface area contributed by atoms with E-state index in [4.69, 9.17) is 5.26 Å². The molecule has 2 aromatic rings. The Morgan fingerprint density at radius 2 is 2.21 bits per heavy atom. The molecule has 2 rings (SSSR count). The predicted octanol–water partition coefficient (Wildman–Crippen LogP) is 2.89. The van der Waals surface area contributed by atoms with Crippen LogP contribution in [0.3, 0.4) is 0 Å². The number of aromatic nitrogens is 1. The summed E-state index contributed by atoms with van der Waals surface area (Å²) >= 11 is 2.72. The molecule has 1 amide bonds. The minimum absolute atomic E-state index is 0.0974. The molecular weight excluding hydrogens is 278 g/mol. The van der Waals surface area contributed by atoms with Crippen LogP contribution < -0.4 is 5.32 Å². The third-order valence-corrected chi connectivity index (χ3v) is 4.03. The Morgan fingerprint density at radius 1 is 1.42 bits per heavy atom. The van der Waals surface area contributed by atoms with E-state index < -0.39 is 0 Å². The number of benzene rings is 1. The minimum Gasteiger partial charge on any atom is -0.301 e. The van der Waals surface area contributed by atoms with Gasteiger partial charge in [-0.05, 0) is 5.56 Å². The quantitative estimate of drug-likeness (QED) is 0.919. The Balaban J connectivity index is 1.74. The molecule has 0 fully saturated rings. The van der Waals surface area contributed by atoms with Gasteiger partial charge in [0.25, 0.3) is 0 Å². The molecule has 19 heavy (non-hydrogen) atoms. The number of rotatable bonds is 5. The molecule has 0 atom stereocenters. The van der Waals surface area contributed by atoms with E-state index in [-0.39, 0.29) is 5.91 Å². The van der Waals surface area contributed by atoms with Crippen molar-refractivity contribution in [3.05, 3.63) is 47.0 Å². The molecule has 0 saturated heterocycles. The van der Waals surface area contributed by atoms with Gasteiger partial charge in [-0.1, -0.05) is 41.7 Å². The maximum Gasteiger partial charge on any atom is 0.236 e. The van der Waals surface area contributed by atoms with Gasteiger partial charge in [0.15, 0.2) is 5.13 Å². The lowest BCUT2D eigenvalue weighted by Crippen LogP contribution is -2.13. The Morgan fingerprint density at radius 3 is 2.89 bits per heavy atom. The zero-order valence-corrected chi connectivity index (χ0v) is 11.6. The number of nitrogens with zero attached hydrogens (tertiary/aromatic N) is 2. The van der Waals surface area contributed by atoms with Crippen LogP contribution in [0.1, 0.15) is 10.4 Å². The average Bonchev–Trinajstić information content (AvgIpc) is 2.87. The molecule has 0 spiro atoms. The first-order valence-corrected chi connectivity index (χ1v) is 7.52.